The fourth-order valence-corrected chi connectivity index (χ4v) is 4.51. The van der Waals surface area contributed by atoms with Gasteiger partial charge in [-0.15, -0.1) is 0 Å². The average Bonchev–Trinajstić information content (AvgIpc) is 2.98. The Morgan fingerprint density at radius 1 is 1.00 bits per heavy atom. The second-order valence-corrected chi connectivity index (χ2v) is 9.91. The monoisotopic (exact) mass is 464 g/mol. The first kappa shape index (κ1) is 25.3. The third-order valence-corrected chi connectivity index (χ3v) is 6.14. The number of sulfonamides is 1. The molecule has 0 saturated carbocycles. The Hall–Kier alpha value is -2.98. The molecule has 0 spiro atoms. The minimum atomic E-state index is -3.74. The van der Waals surface area contributed by atoms with E-state index in [4.69, 9.17) is 9.47 Å². The van der Waals surface area contributed by atoms with Crippen molar-refractivity contribution in [2.24, 2.45) is 0 Å². The molecule has 0 amide bonds. The summed E-state index contributed by atoms with van der Waals surface area (Å²) in [6.45, 7) is 9.74. The molecule has 1 aromatic heterocycles. The van der Waals surface area contributed by atoms with E-state index in [0.29, 0.717) is 11.3 Å². The number of Topliss-reactive ketones (excluding diaryl/α,β-unsaturated/α-hetero) is 1. The molecule has 32 heavy (non-hydrogen) atoms. The molecule has 2 N–H and O–H groups in total. The van der Waals surface area contributed by atoms with Crippen molar-refractivity contribution in [1.82, 2.24) is 9.71 Å². The highest BCUT2D eigenvalue weighted by Gasteiger charge is 2.24. The number of hydrogen-bond acceptors (Lipinski definition) is 7. The maximum atomic E-state index is 12.6. The molecule has 2 rings (SSSR count). The molecule has 10 heteroatoms. The van der Waals surface area contributed by atoms with Crippen LogP contribution < -0.4 is 4.72 Å². The average molecular weight is 465 g/mol. The molecule has 0 fully saturated rings. The number of carbonyl (C=O) groups is 3. The topological polar surface area (TPSA) is 132 Å². The van der Waals surface area contributed by atoms with Crippen molar-refractivity contribution >= 4 is 27.7 Å². The van der Waals surface area contributed by atoms with Crippen molar-refractivity contribution in [3.05, 3.63) is 52.3 Å². The van der Waals surface area contributed by atoms with Gasteiger partial charge in [0.2, 0.25) is 15.8 Å². The zero-order valence-electron chi connectivity index (χ0n) is 19.0. The highest BCUT2D eigenvalue weighted by Crippen LogP contribution is 2.20. The molecule has 1 heterocycles. The second-order valence-electron chi connectivity index (χ2n) is 8.22. The van der Waals surface area contributed by atoms with Gasteiger partial charge in [0.25, 0.3) is 0 Å². The molecule has 0 radical (unpaired) electrons. The first-order valence-electron chi connectivity index (χ1n) is 9.97. The lowest BCUT2D eigenvalue weighted by Gasteiger charge is -2.20. The van der Waals surface area contributed by atoms with Crippen molar-refractivity contribution in [3.8, 4) is 0 Å². The van der Waals surface area contributed by atoms with Crippen LogP contribution in [0.25, 0.3) is 0 Å². The van der Waals surface area contributed by atoms with Crippen molar-refractivity contribution in [2.75, 3.05) is 13.2 Å². The van der Waals surface area contributed by atoms with Crippen molar-refractivity contribution < 1.29 is 32.3 Å². The molecule has 0 aliphatic heterocycles. The highest BCUT2D eigenvalue weighted by molar-refractivity contribution is 7.89. The molecule has 0 atom stereocenters. The summed E-state index contributed by atoms with van der Waals surface area (Å²) in [6, 6.07) is 5.21. The largest absolute Gasteiger partial charge is 0.461 e. The van der Waals surface area contributed by atoms with Crippen LogP contribution in [0, 0.1) is 13.8 Å². The Kier molecular flexibility index (Phi) is 7.63. The number of rotatable bonds is 8. The third-order valence-electron chi connectivity index (χ3n) is 4.37. The van der Waals surface area contributed by atoms with E-state index in [1.54, 1.807) is 41.5 Å². The van der Waals surface area contributed by atoms with Crippen LogP contribution in [0.4, 0.5) is 0 Å². The number of ketones is 1. The van der Waals surface area contributed by atoms with Crippen LogP contribution in [0.2, 0.25) is 0 Å². The normalized spacial score (nSPS) is 11.8. The van der Waals surface area contributed by atoms with Gasteiger partial charge in [-0.1, -0.05) is 0 Å². The SMILES string of the molecule is CCOC(=O)c1[nH]c(C)c(C(=O)COC(=O)c2ccc(S(=O)(=O)NC(C)(C)C)cc2)c1C. The standard InChI is InChI=1S/C22H28N2O7S/c1-7-30-21(27)19-13(2)18(14(3)23-19)17(25)12-31-20(26)15-8-10-16(11-9-15)32(28,29)24-22(4,5)6/h8-11,23-24H,7,12H2,1-6H3. The summed E-state index contributed by atoms with van der Waals surface area (Å²) in [4.78, 5) is 39.7. The van der Waals surface area contributed by atoms with Gasteiger partial charge < -0.3 is 14.5 Å². The maximum Gasteiger partial charge on any atom is 0.355 e. The summed E-state index contributed by atoms with van der Waals surface area (Å²) in [6.07, 6.45) is 0. The Morgan fingerprint density at radius 2 is 1.59 bits per heavy atom. The van der Waals surface area contributed by atoms with Gasteiger partial charge in [0.05, 0.1) is 17.1 Å². The number of esters is 2. The molecule has 0 aliphatic rings. The Balaban J connectivity index is 2.09. The molecule has 0 aliphatic carbocycles. The zero-order chi connectivity index (χ0) is 24.3. The van der Waals surface area contributed by atoms with E-state index in [9.17, 15) is 22.8 Å². The van der Waals surface area contributed by atoms with Crippen LogP contribution in [-0.4, -0.2) is 49.9 Å². The number of ether oxygens (including phenoxy) is 2. The second kappa shape index (κ2) is 9.66. The molecule has 2 aromatic rings. The first-order valence-corrected chi connectivity index (χ1v) is 11.5. The van der Waals surface area contributed by atoms with Crippen LogP contribution in [0.3, 0.4) is 0 Å². The van der Waals surface area contributed by atoms with Crippen LogP contribution >= 0.6 is 0 Å². The number of aromatic nitrogens is 1. The quantitative estimate of drug-likeness (QED) is 0.453. The molecule has 1 aromatic carbocycles. The summed E-state index contributed by atoms with van der Waals surface area (Å²) in [5, 5.41) is 0. The van der Waals surface area contributed by atoms with E-state index in [1.807, 2.05) is 0 Å². The zero-order valence-corrected chi connectivity index (χ0v) is 19.8. The van der Waals surface area contributed by atoms with Crippen molar-refractivity contribution in [2.45, 2.75) is 52.0 Å². The van der Waals surface area contributed by atoms with Crippen LogP contribution in [0.15, 0.2) is 29.2 Å². The number of aromatic amines is 1. The maximum absolute atomic E-state index is 12.6. The summed E-state index contributed by atoms with van der Waals surface area (Å²) in [5.41, 5.74) is 0.770. The summed E-state index contributed by atoms with van der Waals surface area (Å²) < 4.78 is 37.3. The number of nitrogens with one attached hydrogen (secondary N) is 2. The van der Waals surface area contributed by atoms with E-state index in [2.05, 4.69) is 9.71 Å². The fourth-order valence-electron chi connectivity index (χ4n) is 3.09. The summed E-state index contributed by atoms with van der Waals surface area (Å²) in [5.74, 6) is -1.82. The van der Waals surface area contributed by atoms with E-state index in [0.717, 1.165) is 0 Å². The number of benzene rings is 1. The van der Waals surface area contributed by atoms with E-state index >= 15 is 0 Å². The predicted octanol–water partition coefficient (Wildman–Crippen LogP) is 2.92. The van der Waals surface area contributed by atoms with Gasteiger partial charge in [0.1, 0.15) is 5.69 Å². The van der Waals surface area contributed by atoms with Crippen LogP contribution in [-0.2, 0) is 19.5 Å². The van der Waals surface area contributed by atoms with Crippen LogP contribution in [0.5, 0.6) is 0 Å². The van der Waals surface area contributed by atoms with E-state index in [1.165, 1.54) is 24.3 Å². The summed E-state index contributed by atoms with van der Waals surface area (Å²) in [7, 11) is -3.74. The van der Waals surface area contributed by atoms with Gasteiger partial charge in [-0.3, -0.25) is 4.79 Å². The van der Waals surface area contributed by atoms with Gasteiger partial charge in [0.15, 0.2) is 6.61 Å². The summed E-state index contributed by atoms with van der Waals surface area (Å²) >= 11 is 0. The van der Waals surface area contributed by atoms with Gasteiger partial charge in [0, 0.05) is 16.8 Å². The number of hydrogen-bond donors (Lipinski definition) is 2. The minimum absolute atomic E-state index is 0.00474. The number of H-pyrrole nitrogens is 1. The fraction of sp³-hybridized carbons (Fsp3) is 0.409. The molecule has 174 valence electrons. The smallest absolute Gasteiger partial charge is 0.355 e. The number of aryl methyl sites for hydroxylation is 1. The molecule has 0 unspecified atom stereocenters. The molecule has 0 bridgehead atoms. The Bertz CT molecular complexity index is 1120. The van der Waals surface area contributed by atoms with Gasteiger partial charge in [-0.25, -0.2) is 22.7 Å². The van der Waals surface area contributed by atoms with E-state index < -0.39 is 39.9 Å². The molecular weight excluding hydrogens is 436 g/mol. The van der Waals surface area contributed by atoms with Crippen molar-refractivity contribution in [1.29, 1.82) is 0 Å². The Morgan fingerprint density at radius 3 is 2.12 bits per heavy atom. The number of carbonyl (C=O) groups excluding carboxylic acids is 3. The van der Waals surface area contributed by atoms with Gasteiger partial charge in [-0.05, 0) is 71.4 Å². The lowest BCUT2D eigenvalue weighted by atomic mass is 10.1. The van der Waals surface area contributed by atoms with Gasteiger partial charge >= 0.3 is 11.9 Å². The first-order chi connectivity index (χ1) is 14.8. The van der Waals surface area contributed by atoms with Gasteiger partial charge in [-0.2, -0.15) is 0 Å². The minimum Gasteiger partial charge on any atom is -0.461 e. The lowest BCUT2D eigenvalue weighted by Crippen LogP contribution is -2.40. The lowest BCUT2D eigenvalue weighted by molar-refractivity contribution is 0.0473. The predicted molar refractivity (Wildman–Crippen MR) is 117 cm³/mol. The molecule has 9 nitrogen and oxygen atoms in total. The van der Waals surface area contributed by atoms with E-state index in [-0.39, 0.29) is 28.3 Å². The third kappa shape index (κ3) is 6.04. The van der Waals surface area contributed by atoms with Crippen molar-refractivity contribution in [3.63, 3.8) is 0 Å². The Labute approximate surface area is 187 Å². The highest BCUT2D eigenvalue weighted by atomic mass is 32.2. The molecule has 0 saturated heterocycles. The molecular formula is C22H28N2O7S. The van der Waals surface area contributed by atoms with Crippen LogP contribution in [0.1, 0.15) is 70.2 Å².